The van der Waals surface area contributed by atoms with Gasteiger partial charge >= 0.3 is 0 Å². The number of amides is 1. The van der Waals surface area contributed by atoms with Gasteiger partial charge in [0, 0.05) is 39.1 Å². The predicted molar refractivity (Wildman–Crippen MR) is 93.3 cm³/mol. The molecule has 0 aliphatic carbocycles. The van der Waals surface area contributed by atoms with Crippen molar-refractivity contribution >= 4 is 21.6 Å². The molecule has 1 aromatic carbocycles. The van der Waals surface area contributed by atoms with Crippen molar-refractivity contribution in [3.8, 4) is 0 Å². The summed E-state index contributed by atoms with van der Waals surface area (Å²) in [5, 5.41) is 2.15. The first kappa shape index (κ1) is 20.7. The Kier molecular flexibility index (Phi) is 7.44. The molecule has 0 saturated carbocycles. The molecule has 1 fully saturated rings. The third-order valence-corrected chi connectivity index (χ3v) is 5.36. The summed E-state index contributed by atoms with van der Waals surface area (Å²) in [6.45, 7) is 3.37. The number of carbonyl (C=O) groups is 1. The van der Waals surface area contributed by atoms with Gasteiger partial charge in [-0.1, -0.05) is 6.07 Å². The Bertz CT molecular complexity index is 704. The fourth-order valence-electron chi connectivity index (χ4n) is 2.57. The number of para-hydroxylation sites is 1. The summed E-state index contributed by atoms with van der Waals surface area (Å²) in [6, 6.07) is 3.25. The molecule has 1 N–H and O–H groups in total. The second-order valence-corrected chi connectivity index (χ2v) is 7.99. The number of hydrogen-bond donors (Lipinski definition) is 1. The maximum absolute atomic E-state index is 13.5. The van der Waals surface area contributed by atoms with Crippen LogP contribution < -0.4 is 5.32 Å². The van der Waals surface area contributed by atoms with Crippen LogP contribution in [0.1, 0.15) is 6.42 Å². The molecular formula is C16H23F2N3O4S. The minimum Gasteiger partial charge on any atom is -0.379 e. The number of halogens is 2. The summed E-state index contributed by atoms with van der Waals surface area (Å²) < 4.78 is 57.4. The highest BCUT2D eigenvalue weighted by molar-refractivity contribution is 7.88. The molecule has 1 saturated heterocycles. The minimum atomic E-state index is -3.50. The van der Waals surface area contributed by atoms with E-state index in [4.69, 9.17) is 4.74 Å². The molecule has 0 bridgehead atoms. The van der Waals surface area contributed by atoms with Gasteiger partial charge in [0.1, 0.15) is 17.3 Å². The molecule has 1 aliphatic rings. The van der Waals surface area contributed by atoms with E-state index in [0.717, 1.165) is 31.5 Å². The van der Waals surface area contributed by atoms with Crippen LogP contribution in [0.4, 0.5) is 14.5 Å². The van der Waals surface area contributed by atoms with Crippen LogP contribution in [0.15, 0.2) is 18.2 Å². The Morgan fingerprint density at radius 2 is 1.85 bits per heavy atom. The van der Waals surface area contributed by atoms with Gasteiger partial charge in [-0.2, -0.15) is 0 Å². The zero-order chi connectivity index (χ0) is 19.2. The second-order valence-electron chi connectivity index (χ2n) is 6.01. The van der Waals surface area contributed by atoms with Gasteiger partial charge < -0.3 is 10.1 Å². The minimum absolute atomic E-state index is 0.0644. The number of benzene rings is 1. The third kappa shape index (κ3) is 6.27. The molecule has 7 nitrogen and oxygen atoms in total. The van der Waals surface area contributed by atoms with Crippen LogP contribution in [0.25, 0.3) is 0 Å². The van der Waals surface area contributed by atoms with Crippen molar-refractivity contribution in [2.24, 2.45) is 0 Å². The molecule has 10 heteroatoms. The summed E-state index contributed by atoms with van der Waals surface area (Å²) in [5.41, 5.74) is -0.531. The average molecular weight is 391 g/mol. The molecule has 0 atom stereocenters. The maximum Gasteiger partial charge on any atom is 0.225 e. The average Bonchev–Trinajstić information content (AvgIpc) is 2.58. The Labute approximate surface area is 152 Å². The van der Waals surface area contributed by atoms with Crippen molar-refractivity contribution in [2.45, 2.75) is 6.42 Å². The van der Waals surface area contributed by atoms with Gasteiger partial charge in [-0.25, -0.2) is 21.5 Å². The number of nitrogens with one attached hydrogen (secondary N) is 1. The van der Waals surface area contributed by atoms with E-state index in [-0.39, 0.29) is 19.5 Å². The van der Waals surface area contributed by atoms with E-state index in [1.54, 1.807) is 0 Å². The van der Waals surface area contributed by atoms with Gasteiger partial charge in [0.2, 0.25) is 15.9 Å². The number of rotatable bonds is 8. The van der Waals surface area contributed by atoms with Gasteiger partial charge in [0.15, 0.2) is 0 Å². The molecule has 0 aromatic heterocycles. The van der Waals surface area contributed by atoms with E-state index in [1.807, 2.05) is 0 Å². The normalized spacial score (nSPS) is 16.0. The molecule has 0 unspecified atom stereocenters. The molecule has 1 aromatic rings. The largest absolute Gasteiger partial charge is 0.379 e. The highest BCUT2D eigenvalue weighted by atomic mass is 32.2. The van der Waals surface area contributed by atoms with Crippen molar-refractivity contribution in [1.29, 1.82) is 0 Å². The smallest absolute Gasteiger partial charge is 0.225 e. The lowest BCUT2D eigenvalue weighted by atomic mass is 10.2. The lowest BCUT2D eigenvalue weighted by Crippen LogP contribution is -2.43. The summed E-state index contributed by atoms with van der Waals surface area (Å²) in [6.07, 6.45) is 0.866. The summed E-state index contributed by atoms with van der Waals surface area (Å²) in [4.78, 5) is 14.0. The van der Waals surface area contributed by atoms with E-state index in [0.29, 0.717) is 19.8 Å². The predicted octanol–water partition coefficient (Wildman–Crippen LogP) is 0.887. The maximum atomic E-state index is 13.5. The van der Waals surface area contributed by atoms with Crippen molar-refractivity contribution in [3.05, 3.63) is 29.8 Å². The van der Waals surface area contributed by atoms with E-state index < -0.39 is 33.3 Å². The Balaban J connectivity index is 1.88. The molecule has 0 spiro atoms. The van der Waals surface area contributed by atoms with Crippen LogP contribution in [-0.2, 0) is 19.6 Å². The Morgan fingerprint density at radius 1 is 1.23 bits per heavy atom. The highest BCUT2D eigenvalue weighted by Gasteiger charge is 2.20. The second kappa shape index (κ2) is 9.36. The third-order valence-electron chi connectivity index (χ3n) is 4.05. The summed E-state index contributed by atoms with van der Waals surface area (Å²) >= 11 is 0. The van der Waals surface area contributed by atoms with Crippen molar-refractivity contribution < 1.29 is 26.7 Å². The van der Waals surface area contributed by atoms with Gasteiger partial charge in [0.05, 0.1) is 19.5 Å². The topological polar surface area (TPSA) is 79.0 Å². The molecule has 0 radical (unpaired) electrons. The lowest BCUT2D eigenvalue weighted by Gasteiger charge is -2.29. The van der Waals surface area contributed by atoms with Crippen molar-refractivity contribution in [1.82, 2.24) is 9.21 Å². The Morgan fingerprint density at radius 3 is 2.42 bits per heavy atom. The number of morpholine rings is 1. The number of anilines is 1. The number of nitrogens with zero attached hydrogens (tertiary/aromatic N) is 2. The number of ether oxygens (including phenoxy) is 1. The zero-order valence-corrected chi connectivity index (χ0v) is 15.4. The van der Waals surface area contributed by atoms with Crippen LogP contribution in [0.3, 0.4) is 0 Å². The van der Waals surface area contributed by atoms with E-state index in [9.17, 15) is 22.0 Å². The molecule has 26 heavy (non-hydrogen) atoms. The number of sulfonamides is 1. The van der Waals surface area contributed by atoms with Crippen LogP contribution in [0.5, 0.6) is 0 Å². The van der Waals surface area contributed by atoms with Crippen molar-refractivity contribution in [2.75, 3.05) is 57.5 Å². The zero-order valence-electron chi connectivity index (χ0n) is 14.6. The van der Waals surface area contributed by atoms with Gasteiger partial charge in [-0.3, -0.25) is 9.69 Å². The van der Waals surface area contributed by atoms with Crippen LogP contribution in [0.2, 0.25) is 0 Å². The molecule has 146 valence electrons. The van der Waals surface area contributed by atoms with Gasteiger partial charge in [-0.05, 0) is 12.1 Å². The van der Waals surface area contributed by atoms with Gasteiger partial charge in [0.25, 0.3) is 0 Å². The molecular weight excluding hydrogens is 368 g/mol. The summed E-state index contributed by atoms with van der Waals surface area (Å²) in [5.74, 6) is -2.43. The molecule has 1 amide bonds. The molecule has 2 rings (SSSR count). The fourth-order valence-corrected chi connectivity index (χ4v) is 3.40. The first-order valence-corrected chi connectivity index (χ1v) is 10.1. The highest BCUT2D eigenvalue weighted by Crippen LogP contribution is 2.18. The first-order chi connectivity index (χ1) is 12.3. The van der Waals surface area contributed by atoms with Gasteiger partial charge in [-0.15, -0.1) is 0 Å². The Hall–Kier alpha value is -1.62. The number of hydrogen-bond acceptors (Lipinski definition) is 5. The van der Waals surface area contributed by atoms with Crippen LogP contribution in [-0.4, -0.2) is 75.7 Å². The summed E-state index contributed by atoms with van der Waals surface area (Å²) in [7, 11) is -3.50. The SMILES string of the molecule is CS(=O)(=O)N(CCC(=O)Nc1c(F)cccc1F)CCN1CCOCC1. The lowest BCUT2D eigenvalue weighted by molar-refractivity contribution is -0.116. The van der Waals surface area contributed by atoms with Crippen molar-refractivity contribution in [3.63, 3.8) is 0 Å². The van der Waals surface area contributed by atoms with E-state index in [2.05, 4.69) is 10.2 Å². The standard InChI is InChI=1S/C16H23F2N3O4S/c1-26(23,24)21(8-7-20-9-11-25-12-10-20)6-5-15(22)19-16-13(17)3-2-4-14(16)18/h2-4H,5-12H2,1H3,(H,19,22). The quantitative estimate of drug-likeness (QED) is 0.712. The fraction of sp³-hybridized carbons (Fsp3) is 0.562. The van der Waals surface area contributed by atoms with Crippen LogP contribution in [0, 0.1) is 11.6 Å². The number of carbonyl (C=O) groups excluding carboxylic acids is 1. The van der Waals surface area contributed by atoms with E-state index in [1.165, 1.54) is 10.4 Å². The van der Waals surface area contributed by atoms with E-state index >= 15 is 0 Å². The first-order valence-electron chi connectivity index (χ1n) is 8.26. The monoisotopic (exact) mass is 391 g/mol. The molecule has 1 aliphatic heterocycles. The molecule has 1 heterocycles. The van der Waals surface area contributed by atoms with Crippen LogP contribution >= 0.6 is 0 Å².